The van der Waals surface area contributed by atoms with Crippen molar-refractivity contribution < 1.29 is 4.39 Å². The molecule has 1 aromatic carbocycles. The van der Waals surface area contributed by atoms with Crippen LogP contribution in [-0.4, -0.2) is 17.0 Å². The van der Waals surface area contributed by atoms with Crippen LogP contribution in [0.4, 0.5) is 15.9 Å². The summed E-state index contributed by atoms with van der Waals surface area (Å²) in [7, 11) is 1.82. The summed E-state index contributed by atoms with van der Waals surface area (Å²) in [6.07, 6.45) is 1.57. The van der Waals surface area contributed by atoms with E-state index < -0.39 is 0 Å². The molecule has 0 aliphatic heterocycles. The third-order valence-electron chi connectivity index (χ3n) is 2.23. The van der Waals surface area contributed by atoms with Gasteiger partial charge in [-0.3, -0.25) is 0 Å². The molecule has 1 aromatic heterocycles. The number of benzene rings is 1. The van der Waals surface area contributed by atoms with Crippen LogP contribution in [0.25, 0.3) is 0 Å². The molecular formula is C11H8BrClFN3. The van der Waals surface area contributed by atoms with E-state index in [1.807, 2.05) is 7.05 Å². The predicted octanol–water partition coefficient (Wildman–Crippen LogP) is 3.80. The van der Waals surface area contributed by atoms with Crippen molar-refractivity contribution in [2.75, 3.05) is 11.9 Å². The number of hydrogen-bond donors (Lipinski definition) is 0. The van der Waals surface area contributed by atoms with Gasteiger partial charge in [0.1, 0.15) is 5.82 Å². The Morgan fingerprint density at radius 3 is 2.59 bits per heavy atom. The highest BCUT2D eigenvalue weighted by Gasteiger charge is 2.11. The van der Waals surface area contributed by atoms with E-state index in [0.29, 0.717) is 10.3 Å². The van der Waals surface area contributed by atoms with Crippen LogP contribution in [-0.2, 0) is 0 Å². The molecule has 0 radical (unpaired) electrons. The van der Waals surface area contributed by atoms with E-state index in [-0.39, 0.29) is 11.1 Å². The van der Waals surface area contributed by atoms with Gasteiger partial charge in [-0.05, 0) is 51.8 Å². The van der Waals surface area contributed by atoms with Gasteiger partial charge in [0.15, 0.2) is 5.82 Å². The highest BCUT2D eigenvalue weighted by atomic mass is 79.9. The summed E-state index contributed by atoms with van der Waals surface area (Å²) in [6, 6.07) is 6.11. The third-order valence-corrected chi connectivity index (χ3v) is 2.97. The Morgan fingerprint density at radius 1 is 1.29 bits per heavy atom. The Balaban J connectivity index is 2.39. The molecule has 0 aliphatic rings. The van der Waals surface area contributed by atoms with E-state index in [0.717, 1.165) is 5.69 Å². The average Bonchev–Trinajstić information content (AvgIpc) is 2.32. The van der Waals surface area contributed by atoms with Gasteiger partial charge in [0.2, 0.25) is 5.28 Å². The number of halogens is 3. The Bertz CT molecular complexity index is 533. The van der Waals surface area contributed by atoms with Crippen LogP contribution in [0.15, 0.2) is 34.9 Å². The van der Waals surface area contributed by atoms with Crippen molar-refractivity contribution in [2.45, 2.75) is 0 Å². The lowest BCUT2D eigenvalue weighted by Gasteiger charge is -2.19. The van der Waals surface area contributed by atoms with Gasteiger partial charge in [-0.25, -0.2) is 9.37 Å². The molecule has 1 heterocycles. The molecule has 0 amide bonds. The maximum Gasteiger partial charge on any atom is 0.224 e. The molecule has 0 saturated carbocycles. The summed E-state index contributed by atoms with van der Waals surface area (Å²) in [6.45, 7) is 0. The van der Waals surface area contributed by atoms with Gasteiger partial charge < -0.3 is 4.90 Å². The van der Waals surface area contributed by atoms with E-state index in [1.165, 1.54) is 12.1 Å². The first-order chi connectivity index (χ1) is 8.08. The molecule has 3 nitrogen and oxygen atoms in total. The topological polar surface area (TPSA) is 29.0 Å². The molecule has 2 aromatic rings. The molecule has 0 N–H and O–H groups in total. The Kier molecular flexibility index (Phi) is 3.59. The van der Waals surface area contributed by atoms with Crippen LogP contribution in [0.1, 0.15) is 0 Å². The van der Waals surface area contributed by atoms with Gasteiger partial charge in [-0.15, -0.1) is 0 Å². The fourth-order valence-corrected chi connectivity index (χ4v) is 1.95. The second kappa shape index (κ2) is 4.98. The quantitative estimate of drug-likeness (QED) is 0.789. The van der Waals surface area contributed by atoms with Crippen molar-refractivity contribution >= 4 is 39.0 Å². The minimum atomic E-state index is -0.276. The van der Waals surface area contributed by atoms with Gasteiger partial charge in [0.25, 0.3) is 0 Å². The largest absolute Gasteiger partial charge is 0.328 e. The zero-order chi connectivity index (χ0) is 12.4. The van der Waals surface area contributed by atoms with Crippen molar-refractivity contribution in [1.29, 1.82) is 0 Å². The first kappa shape index (κ1) is 12.3. The van der Waals surface area contributed by atoms with Crippen molar-refractivity contribution in [3.63, 3.8) is 0 Å². The molecule has 88 valence electrons. The monoisotopic (exact) mass is 315 g/mol. The van der Waals surface area contributed by atoms with Crippen LogP contribution in [0, 0.1) is 5.82 Å². The van der Waals surface area contributed by atoms with Crippen molar-refractivity contribution in [1.82, 2.24) is 9.97 Å². The standard InChI is InChI=1S/C11H8BrClFN3/c1-17(8-4-2-7(14)3-5-8)10-9(12)6-15-11(13)16-10/h2-6H,1H3. The van der Waals surface area contributed by atoms with E-state index in [2.05, 4.69) is 25.9 Å². The lowest BCUT2D eigenvalue weighted by atomic mass is 10.3. The molecule has 0 aliphatic carbocycles. The third kappa shape index (κ3) is 2.73. The highest BCUT2D eigenvalue weighted by molar-refractivity contribution is 9.10. The molecule has 0 atom stereocenters. The summed E-state index contributed by atoms with van der Waals surface area (Å²) in [5.74, 6) is 0.346. The Labute approximate surface area is 111 Å². The maximum atomic E-state index is 12.8. The van der Waals surface area contributed by atoms with Crippen LogP contribution in [0.3, 0.4) is 0 Å². The zero-order valence-electron chi connectivity index (χ0n) is 8.86. The molecule has 0 spiro atoms. The molecule has 0 saturated heterocycles. The molecule has 2 rings (SSSR count). The van der Waals surface area contributed by atoms with E-state index >= 15 is 0 Å². The Hall–Kier alpha value is -1.20. The van der Waals surface area contributed by atoms with E-state index in [9.17, 15) is 4.39 Å². The van der Waals surface area contributed by atoms with Crippen LogP contribution >= 0.6 is 27.5 Å². The first-order valence-corrected chi connectivity index (χ1v) is 5.92. The molecule has 0 unspecified atom stereocenters. The molecule has 0 bridgehead atoms. The predicted molar refractivity (Wildman–Crippen MR) is 69.2 cm³/mol. The van der Waals surface area contributed by atoms with Crippen LogP contribution in [0.5, 0.6) is 0 Å². The molecule has 17 heavy (non-hydrogen) atoms. The molecule has 0 fully saturated rings. The number of hydrogen-bond acceptors (Lipinski definition) is 3. The average molecular weight is 317 g/mol. The van der Waals surface area contributed by atoms with Crippen LogP contribution in [0.2, 0.25) is 5.28 Å². The summed E-state index contributed by atoms with van der Waals surface area (Å²) >= 11 is 9.09. The normalized spacial score (nSPS) is 10.4. The van der Waals surface area contributed by atoms with Gasteiger partial charge in [0, 0.05) is 18.9 Å². The summed E-state index contributed by atoms with van der Waals surface area (Å²) in [5, 5.41) is 0.164. The minimum absolute atomic E-state index is 0.164. The Morgan fingerprint density at radius 2 is 1.94 bits per heavy atom. The first-order valence-electron chi connectivity index (χ1n) is 4.75. The van der Waals surface area contributed by atoms with Crippen molar-refractivity contribution in [3.8, 4) is 0 Å². The smallest absolute Gasteiger partial charge is 0.224 e. The summed E-state index contributed by atoms with van der Waals surface area (Å²) in [4.78, 5) is 9.75. The summed E-state index contributed by atoms with van der Waals surface area (Å²) in [5.41, 5.74) is 0.807. The zero-order valence-corrected chi connectivity index (χ0v) is 11.2. The van der Waals surface area contributed by atoms with Gasteiger partial charge in [-0.1, -0.05) is 0 Å². The number of aromatic nitrogens is 2. The summed E-state index contributed by atoms with van der Waals surface area (Å²) < 4.78 is 13.5. The highest BCUT2D eigenvalue weighted by Crippen LogP contribution is 2.29. The fraction of sp³-hybridized carbons (Fsp3) is 0.0909. The minimum Gasteiger partial charge on any atom is -0.328 e. The fourth-order valence-electron chi connectivity index (χ4n) is 1.36. The number of nitrogens with zero attached hydrogens (tertiary/aromatic N) is 3. The van der Waals surface area contributed by atoms with E-state index in [4.69, 9.17) is 11.6 Å². The molecular weight excluding hydrogens is 308 g/mol. The van der Waals surface area contributed by atoms with Gasteiger partial charge in [-0.2, -0.15) is 4.98 Å². The molecule has 6 heteroatoms. The van der Waals surface area contributed by atoms with Gasteiger partial charge >= 0.3 is 0 Å². The van der Waals surface area contributed by atoms with Crippen molar-refractivity contribution in [3.05, 3.63) is 46.0 Å². The lowest BCUT2D eigenvalue weighted by Crippen LogP contribution is -2.12. The van der Waals surface area contributed by atoms with Crippen molar-refractivity contribution in [2.24, 2.45) is 0 Å². The van der Waals surface area contributed by atoms with Crippen LogP contribution < -0.4 is 4.90 Å². The second-order valence-electron chi connectivity index (χ2n) is 3.35. The lowest BCUT2D eigenvalue weighted by molar-refractivity contribution is 0.628. The number of anilines is 2. The van der Waals surface area contributed by atoms with Gasteiger partial charge in [0.05, 0.1) is 4.47 Å². The second-order valence-corrected chi connectivity index (χ2v) is 4.54. The number of rotatable bonds is 2. The SMILES string of the molecule is CN(c1ccc(F)cc1)c1nc(Cl)ncc1Br. The maximum absolute atomic E-state index is 12.8. The van der Waals surface area contributed by atoms with E-state index in [1.54, 1.807) is 23.2 Å².